The first-order chi connectivity index (χ1) is 25.5. The zero-order valence-electron chi connectivity index (χ0n) is 31.5. The highest BCUT2D eigenvalue weighted by Crippen LogP contribution is 2.57. The van der Waals surface area contributed by atoms with Crippen LogP contribution in [0.2, 0.25) is 0 Å². The van der Waals surface area contributed by atoms with Crippen molar-refractivity contribution in [1.29, 1.82) is 0 Å². The van der Waals surface area contributed by atoms with Gasteiger partial charge in [0.05, 0.1) is 29.9 Å². The van der Waals surface area contributed by atoms with Crippen LogP contribution in [-0.4, -0.2) is 92.9 Å². The number of likely N-dealkylation sites (tertiary alicyclic amines) is 1. The number of esters is 2. The van der Waals surface area contributed by atoms with Crippen LogP contribution in [0.3, 0.4) is 0 Å². The fourth-order valence-electron chi connectivity index (χ4n) is 12.2. The van der Waals surface area contributed by atoms with E-state index in [2.05, 4.69) is 44.9 Å². The molecule has 280 valence electrons. The second-order valence-electron chi connectivity index (χ2n) is 16.7. The minimum absolute atomic E-state index is 0.0803. The summed E-state index contributed by atoms with van der Waals surface area (Å²) in [5.41, 5.74) is 5.97. The van der Waals surface area contributed by atoms with Crippen molar-refractivity contribution in [2.24, 2.45) is 17.8 Å². The molecule has 6 heterocycles. The van der Waals surface area contributed by atoms with Gasteiger partial charge in [-0.1, -0.05) is 43.2 Å². The number of hydrogen-bond acceptors (Lipinski definition) is 8. The lowest BCUT2D eigenvalue weighted by molar-refractivity contribution is -0.200. The third-order valence-corrected chi connectivity index (χ3v) is 14.0. The Morgan fingerprint density at radius 3 is 2.57 bits per heavy atom. The Labute approximate surface area is 310 Å². The maximum atomic E-state index is 13.1. The summed E-state index contributed by atoms with van der Waals surface area (Å²) in [6.07, 6.45) is 6.89. The van der Waals surface area contributed by atoms with Crippen LogP contribution in [0.5, 0.6) is 5.75 Å². The second kappa shape index (κ2) is 12.5. The Balaban J connectivity index is 1.31. The summed E-state index contributed by atoms with van der Waals surface area (Å²) in [5.74, 6) is -0.360. The summed E-state index contributed by atoms with van der Waals surface area (Å²) < 4.78 is 13.0. The molecular formula is C43H52N4O6. The van der Waals surface area contributed by atoms with Crippen molar-refractivity contribution in [2.75, 3.05) is 33.3 Å². The molecule has 2 aromatic heterocycles. The van der Waals surface area contributed by atoms with Crippen LogP contribution in [-0.2, 0) is 37.5 Å². The van der Waals surface area contributed by atoms with Gasteiger partial charge in [-0.3, -0.25) is 19.4 Å². The Bertz CT molecular complexity index is 2170. The monoisotopic (exact) mass is 720 g/mol. The second-order valence-corrected chi connectivity index (χ2v) is 16.7. The van der Waals surface area contributed by atoms with E-state index in [1.54, 1.807) is 0 Å². The van der Waals surface area contributed by atoms with Crippen molar-refractivity contribution >= 4 is 33.7 Å². The number of benzene rings is 2. The molecule has 4 aromatic rings. The van der Waals surface area contributed by atoms with Crippen LogP contribution in [0.15, 0.2) is 48.0 Å². The molecule has 1 unspecified atom stereocenters. The lowest BCUT2D eigenvalue weighted by atomic mass is 9.62. The van der Waals surface area contributed by atoms with Crippen LogP contribution in [0, 0.1) is 17.8 Å². The van der Waals surface area contributed by atoms with Gasteiger partial charge in [-0.15, -0.1) is 0 Å². The first-order valence-corrected chi connectivity index (χ1v) is 19.6. The number of aromatic nitrogens is 2. The molecule has 2 aromatic carbocycles. The fourth-order valence-corrected chi connectivity index (χ4v) is 12.2. The Hall–Kier alpha value is -4.12. The number of ether oxygens (including phenoxy) is 2. The molecule has 10 heteroatoms. The van der Waals surface area contributed by atoms with Gasteiger partial charge in [0.2, 0.25) is 0 Å². The van der Waals surface area contributed by atoms with Crippen molar-refractivity contribution in [2.45, 2.75) is 95.4 Å². The van der Waals surface area contributed by atoms with Gasteiger partial charge in [-0.25, -0.2) is 0 Å². The largest absolute Gasteiger partial charge is 0.508 e. The van der Waals surface area contributed by atoms with E-state index >= 15 is 0 Å². The van der Waals surface area contributed by atoms with Crippen molar-refractivity contribution in [1.82, 2.24) is 19.8 Å². The lowest BCUT2D eigenvalue weighted by Crippen LogP contribution is -2.66. The number of phenols is 1. The predicted molar refractivity (Wildman–Crippen MR) is 203 cm³/mol. The van der Waals surface area contributed by atoms with Gasteiger partial charge < -0.3 is 29.7 Å². The number of allylic oxidation sites excluding steroid dienone is 1. The zero-order chi connectivity index (χ0) is 37.0. The number of aliphatic hydroxyl groups excluding tert-OH is 1. The third kappa shape index (κ3) is 4.94. The molecule has 3 saturated heterocycles. The number of fused-ring (bicyclic) bond motifs is 9. The number of H-pyrrole nitrogens is 2. The molecule has 0 radical (unpaired) electrons. The molecular weight excluding hydrogens is 668 g/mol. The van der Waals surface area contributed by atoms with Crippen molar-refractivity contribution < 1.29 is 29.3 Å². The summed E-state index contributed by atoms with van der Waals surface area (Å²) in [4.78, 5) is 38.6. The van der Waals surface area contributed by atoms with Crippen molar-refractivity contribution in [3.8, 4) is 5.75 Å². The third-order valence-electron chi connectivity index (χ3n) is 14.0. The van der Waals surface area contributed by atoms with E-state index < -0.39 is 17.2 Å². The molecule has 6 aliphatic rings. The van der Waals surface area contributed by atoms with E-state index in [4.69, 9.17) is 9.47 Å². The number of piperidine rings is 3. The molecule has 4 aliphatic heterocycles. The topological polar surface area (TPSA) is 131 Å². The molecule has 9 atom stereocenters. The standard InChI is InChI=1S/C43H52N4O6/c1-6-26-16-25-19-42(52-23(3)49)40-30(14-15-47(20-25)41(26)42)29-12-13-35(51)37(39(29)45-40)32-17-33-27(7-2)21-46(5)36(43(33,22-48)53-24(4)50)18-31-28-10-8-9-11-34(28)44-38(31)32/h7-13,25-26,32-33,36,41,44-45,48,51H,6,14-22H2,1-5H3/b27-7-/t25-,26+,32-,33+,36+,41+,42-,43+/m1/s1. The van der Waals surface area contributed by atoms with Crippen molar-refractivity contribution in [3.63, 3.8) is 0 Å². The van der Waals surface area contributed by atoms with Gasteiger partial charge in [0.1, 0.15) is 5.75 Å². The minimum Gasteiger partial charge on any atom is -0.508 e. The average Bonchev–Trinajstić information content (AvgIpc) is 3.66. The average molecular weight is 721 g/mol. The predicted octanol–water partition coefficient (Wildman–Crippen LogP) is 6.04. The number of likely N-dealkylation sites (N-methyl/N-ethyl adjacent to an activating group) is 1. The van der Waals surface area contributed by atoms with Crippen LogP contribution >= 0.6 is 0 Å². The number of para-hydroxylation sites is 1. The SMILES string of the molecule is C/C=C1/CN(C)[C@H]2Cc3c([nH]c4ccccc34)[C@@H](c3c(O)ccc4c5c([nH]c34)[C@]3(OC(C)=O)C[C@H]4C[C@H](CC)[C@@H]3N(CC5)C4)C[C@@H]1[C@]2(CO)OC(C)=O. The van der Waals surface area contributed by atoms with E-state index in [0.29, 0.717) is 31.2 Å². The van der Waals surface area contributed by atoms with E-state index in [0.717, 1.165) is 94.2 Å². The first-order valence-electron chi connectivity index (χ1n) is 19.6. The Morgan fingerprint density at radius 2 is 1.83 bits per heavy atom. The quantitative estimate of drug-likeness (QED) is 0.145. The molecule has 4 fully saturated rings. The highest BCUT2D eigenvalue weighted by atomic mass is 16.6. The van der Waals surface area contributed by atoms with E-state index in [9.17, 15) is 19.8 Å². The molecule has 4 N–H and O–H groups in total. The first kappa shape index (κ1) is 34.6. The molecule has 0 amide bonds. The van der Waals surface area contributed by atoms with Gasteiger partial charge in [-0.2, -0.15) is 0 Å². The van der Waals surface area contributed by atoms with E-state index in [1.807, 2.05) is 38.2 Å². The zero-order valence-corrected chi connectivity index (χ0v) is 31.5. The van der Waals surface area contributed by atoms with E-state index in [-0.39, 0.29) is 42.2 Å². The molecule has 1 saturated carbocycles. The van der Waals surface area contributed by atoms with Gasteiger partial charge in [0.25, 0.3) is 0 Å². The molecule has 2 aliphatic carbocycles. The maximum Gasteiger partial charge on any atom is 0.303 e. The Morgan fingerprint density at radius 1 is 1.04 bits per heavy atom. The number of nitrogens with zero attached hydrogens (tertiary/aromatic N) is 2. The number of phenolic OH excluding ortho intramolecular Hbond substituents is 1. The van der Waals surface area contributed by atoms with Gasteiger partial charge in [-0.05, 0) is 87.2 Å². The van der Waals surface area contributed by atoms with Crippen LogP contribution in [0.25, 0.3) is 21.8 Å². The summed E-state index contributed by atoms with van der Waals surface area (Å²) in [5, 5.41) is 25.7. The van der Waals surface area contributed by atoms with Crippen LogP contribution in [0.1, 0.15) is 87.4 Å². The highest BCUT2D eigenvalue weighted by Gasteiger charge is 2.61. The van der Waals surface area contributed by atoms with E-state index in [1.165, 1.54) is 13.8 Å². The fraction of sp³-hybridized carbons (Fsp3) is 0.535. The van der Waals surface area contributed by atoms with Crippen molar-refractivity contribution in [3.05, 3.63) is 76.1 Å². The summed E-state index contributed by atoms with van der Waals surface area (Å²) in [6, 6.07) is 11.9. The molecule has 0 spiro atoms. The summed E-state index contributed by atoms with van der Waals surface area (Å²) in [6.45, 7) is 9.49. The summed E-state index contributed by atoms with van der Waals surface area (Å²) >= 11 is 0. The highest BCUT2D eigenvalue weighted by molar-refractivity contribution is 5.92. The number of rotatable bonds is 5. The molecule has 6 bridgehead atoms. The van der Waals surface area contributed by atoms with Crippen LogP contribution < -0.4 is 0 Å². The number of nitrogens with one attached hydrogen (secondary N) is 2. The smallest absolute Gasteiger partial charge is 0.303 e. The normalized spacial score (nSPS) is 34.3. The Kier molecular flexibility index (Phi) is 8.15. The number of aromatic amines is 2. The number of hydrogen-bond donors (Lipinski definition) is 4. The number of carbonyl (C=O) groups is 2. The summed E-state index contributed by atoms with van der Waals surface area (Å²) in [7, 11) is 2.05. The van der Waals surface area contributed by atoms with Crippen LogP contribution in [0.4, 0.5) is 0 Å². The maximum absolute atomic E-state index is 13.1. The van der Waals surface area contributed by atoms with Gasteiger partial charge in [0, 0.05) is 72.9 Å². The van der Waals surface area contributed by atoms with Gasteiger partial charge >= 0.3 is 11.9 Å². The lowest BCUT2D eigenvalue weighted by Gasteiger charge is -2.58. The molecule has 53 heavy (non-hydrogen) atoms. The number of aliphatic hydroxyl groups is 1. The number of carbonyl (C=O) groups excluding carboxylic acids is 2. The van der Waals surface area contributed by atoms with Gasteiger partial charge in [0.15, 0.2) is 11.2 Å². The molecule has 10 rings (SSSR count). The number of aromatic hydroxyl groups is 1. The minimum atomic E-state index is -1.20. The molecule has 10 nitrogen and oxygen atoms in total.